The Bertz CT molecular complexity index is 2260. The molecule has 2 fully saturated rings. The molecule has 4 heterocycles. The monoisotopic (exact) mass is 690 g/mol. The van der Waals surface area contributed by atoms with Gasteiger partial charge in [-0.05, 0) is 83.3 Å². The highest BCUT2D eigenvalue weighted by Gasteiger charge is 2.37. The van der Waals surface area contributed by atoms with Crippen LogP contribution in [0, 0.1) is 0 Å². The van der Waals surface area contributed by atoms with E-state index >= 15 is 0 Å². The van der Waals surface area contributed by atoms with E-state index in [9.17, 15) is 0 Å². The predicted molar refractivity (Wildman–Crippen MR) is 216 cm³/mol. The smallest absolute Gasteiger partial charge is 0.0361 e. The Balaban J connectivity index is 0.846. The van der Waals surface area contributed by atoms with Crippen LogP contribution in [0.5, 0.6) is 0 Å². The summed E-state index contributed by atoms with van der Waals surface area (Å²) in [5.74, 6) is 0. The number of fused-ring (bicyclic) bond motifs is 6. The zero-order valence-corrected chi connectivity index (χ0v) is 29.7. The van der Waals surface area contributed by atoms with E-state index in [1.807, 2.05) is 22.7 Å². The van der Waals surface area contributed by atoms with Crippen LogP contribution in [-0.2, 0) is 0 Å². The van der Waals surface area contributed by atoms with Crippen LogP contribution in [-0.4, -0.2) is 10.5 Å². The lowest BCUT2D eigenvalue weighted by Gasteiger charge is -2.19. The van der Waals surface area contributed by atoms with E-state index in [2.05, 4.69) is 157 Å². The van der Waals surface area contributed by atoms with Crippen molar-refractivity contribution < 1.29 is 0 Å². The van der Waals surface area contributed by atoms with Crippen LogP contribution < -0.4 is 0 Å². The lowest BCUT2D eigenvalue weighted by Crippen LogP contribution is -2.13. The molecule has 0 nitrogen and oxygen atoms in total. The van der Waals surface area contributed by atoms with Gasteiger partial charge in [0.25, 0.3) is 0 Å². The summed E-state index contributed by atoms with van der Waals surface area (Å²) in [6.45, 7) is 0. The molecule has 48 heavy (non-hydrogen) atoms. The van der Waals surface area contributed by atoms with Gasteiger partial charge in [0, 0.05) is 61.3 Å². The summed E-state index contributed by atoms with van der Waals surface area (Å²) < 4.78 is 5.64. The molecule has 234 valence electrons. The van der Waals surface area contributed by atoms with Crippen LogP contribution in [0.2, 0.25) is 0 Å². The van der Waals surface area contributed by atoms with Crippen LogP contribution in [0.3, 0.4) is 0 Å². The lowest BCUT2D eigenvalue weighted by molar-refractivity contribution is 0.671. The second-order valence-corrected chi connectivity index (χ2v) is 18.4. The molecule has 0 radical (unpaired) electrons. The van der Waals surface area contributed by atoms with Crippen molar-refractivity contribution in [2.24, 2.45) is 0 Å². The summed E-state index contributed by atoms with van der Waals surface area (Å²) in [5, 5.41) is 8.30. The van der Waals surface area contributed by atoms with Crippen molar-refractivity contribution in [2.45, 2.75) is 46.7 Å². The van der Waals surface area contributed by atoms with E-state index in [0.717, 1.165) is 10.5 Å². The minimum atomic E-state index is 0.611. The minimum absolute atomic E-state index is 0.611. The van der Waals surface area contributed by atoms with Crippen LogP contribution >= 0.6 is 46.2 Å². The van der Waals surface area contributed by atoms with E-state index in [1.165, 1.54) is 99.4 Å². The third-order valence-electron chi connectivity index (χ3n) is 10.5. The van der Waals surface area contributed by atoms with Gasteiger partial charge in [0.2, 0.25) is 0 Å². The first-order chi connectivity index (χ1) is 23.7. The first-order valence-electron chi connectivity index (χ1n) is 17.1. The van der Waals surface area contributed by atoms with Crippen LogP contribution in [0.25, 0.3) is 62.6 Å². The van der Waals surface area contributed by atoms with Crippen LogP contribution in [0.1, 0.15) is 47.3 Å². The molecular formula is C44H34S4. The lowest BCUT2D eigenvalue weighted by atomic mass is 10.0. The summed E-state index contributed by atoms with van der Waals surface area (Å²) in [6.07, 6.45) is 5.27. The minimum Gasteiger partial charge on any atom is -0.149 e. The molecule has 2 aliphatic heterocycles. The van der Waals surface area contributed by atoms with Gasteiger partial charge in [0.05, 0.1) is 0 Å². The molecule has 0 bridgehead atoms. The third-order valence-corrected chi connectivity index (χ3v) is 16.4. The molecule has 4 heteroatoms. The van der Waals surface area contributed by atoms with Gasteiger partial charge < -0.3 is 0 Å². The average Bonchev–Trinajstić information content (AvgIpc) is 3.95. The molecule has 4 atom stereocenters. The van der Waals surface area contributed by atoms with Gasteiger partial charge in [-0.1, -0.05) is 109 Å². The van der Waals surface area contributed by atoms with Gasteiger partial charge in [-0.25, -0.2) is 0 Å². The van der Waals surface area contributed by atoms with Gasteiger partial charge in [0.15, 0.2) is 0 Å². The number of hydrogen-bond donors (Lipinski definition) is 0. The van der Waals surface area contributed by atoms with E-state index in [1.54, 1.807) is 0 Å². The van der Waals surface area contributed by atoms with E-state index in [-0.39, 0.29) is 0 Å². The Morgan fingerprint density at radius 1 is 0.354 bits per heavy atom. The summed E-state index contributed by atoms with van der Waals surface area (Å²) >= 11 is 8.44. The highest BCUT2D eigenvalue weighted by molar-refractivity contribution is 8.04. The number of hydrogen-bond acceptors (Lipinski definition) is 4. The zero-order chi connectivity index (χ0) is 31.6. The predicted octanol–water partition coefficient (Wildman–Crippen LogP) is 14.3. The standard InChI is InChI=1S/C44H34S4/c1-3-7-27(8-4-1)29-11-15-33-35-17-13-31(25-43(35)47-41(33)23-29)37-19-21-39(45-37)40-22-20-38(46-40)32-14-18-36-34-16-12-30(28-9-5-2-6-10-28)24-42(34)48-44(36)26-32/h1-18,23-26,37-40H,19-22H2. The van der Waals surface area contributed by atoms with Crippen LogP contribution in [0.4, 0.5) is 0 Å². The van der Waals surface area contributed by atoms with Gasteiger partial charge in [0.1, 0.15) is 0 Å². The fraction of sp³-hybridized carbons (Fsp3) is 0.182. The molecule has 4 unspecified atom stereocenters. The maximum atomic E-state index is 2.51. The highest BCUT2D eigenvalue weighted by atomic mass is 32.2. The summed E-state index contributed by atoms with van der Waals surface area (Å²) in [4.78, 5) is 0. The number of rotatable bonds is 5. The molecule has 0 spiro atoms. The summed E-state index contributed by atoms with van der Waals surface area (Å²) in [7, 11) is 0. The number of thioether (sulfide) groups is 2. The molecule has 0 N–H and O–H groups in total. The average molecular weight is 691 g/mol. The van der Waals surface area contributed by atoms with Crippen LogP contribution in [0.15, 0.2) is 133 Å². The molecule has 8 aromatic rings. The second-order valence-electron chi connectivity index (χ2n) is 13.4. The van der Waals surface area contributed by atoms with Crippen molar-refractivity contribution >= 4 is 86.5 Å². The summed E-state index contributed by atoms with van der Waals surface area (Å²) in [5.41, 5.74) is 8.23. The maximum absolute atomic E-state index is 2.51. The van der Waals surface area contributed by atoms with Crippen molar-refractivity contribution in [2.75, 3.05) is 0 Å². The summed E-state index contributed by atoms with van der Waals surface area (Å²) in [6, 6.07) is 50.1. The van der Waals surface area contributed by atoms with E-state index in [0.29, 0.717) is 10.5 Å². The highest BCUT2D eigenvalue weighted by Crippen LogP contribution is 2.55. The van der Waals surface area contributed by atoms with Crippen molar-refractivity contribution in [1.82, 2.24) is 0 Å². The molecule has 2 aliphatic rings. The first-order valence-corrected chi connectivity index (χ1v) is 20.6. The van der Waals surface area contributed by atoms with Gasteiger partial charge in [-0.15, -0.1) is 46.2 Å². The quantitative estimate of drug-likeness (QED) is 0.176. The Kier molecular flexibility index (Phi) is 7.41. The number of benzene rings is 6. The zero-order valence-electron chi connectivity index (χ0n) is 26.5. The normalized spacial score (nSPS) is 21.2. The molecule has 0 amide bonds. The van der Waals surface area contributed by atoms with E-state index < -0.39 is 0 Å². The number of thiophene rings is 2. The Hall–Kier alpha value is -3.54. The fourth-order valence-electron chi connectivity index (χ4n) is 7.97. The van der Waals surface area contributed by atoms with Crippen molar-refractivity contribution in [3.05, 3.63) is 145 Å². The van der Waals surface area contributed by atoms with Gasteiger partial charge >= 0.3 is 0 Å². The second kappa shape index (κ2) is 12.1. The first kappa shape index (κ1) is 29.4. The molecule has 10 rings (SSSR count). The SMILES string of the molecule is c1ccc(-c2ccc3c(c2)sc2cc(C4CCC(C5CCC(c6ccc7c(c6)sc6cc(-c8ccccc8)ccc67)S5)S4)ccc23)cc1. The Morgan fingerprint density at radius 2 is 0.750 bits per heavy atom. The van der Waals surface area contributed by atoms with Gasteiger partial charge in [-0.3, -0.25) is 0 Å². The molecular weight excluding hydrogens is 657 g/mol. The fourth-order valence-corrected chi connectivity index (χ4v) is 13.9. The van der Waals surface area contributed by atoms with Crippen molar-refractivity contribution in [1.29, 1.82) is 0 Å². The molecule has 2 saturated heterocycles. The Morgan fingerprint density at radius 3 is 1.19 bits per heavy atom. The maximum Gasteiger partial charge on any atom is 0.0361 e. The third kappa shape index (κ3) is 5.20. The van der Waals surface area contributed by atoms with Crippen molar-refractivity contribution in [3.8, 4) is 22.3 Å². The topological polar surface area (TPSA) is 0 Å². The Labute approximate surface area is 298 Å². The van der Waals surface area contributed by atoms with Crippen molar-refractivity contribution in [3.63, 3.8) is 0 Å². The molecule has 2 aromatic heterocycles. The van der Waals surface area contributed by atoms with Gasteiger partial charge in [-0.2, -0.15) is 0 Å². The molecule has 0 saturated carbocycles. The molecule has 0 aliphatic carbocycles. The van der Waals surface area contributed by atoms with E-state index in [4.69, 9.17) is 0 Å². The largest absolute Gasteiger partial charge is 0.149 e. The molecule has 6 aromatic carbocycles.